The highest BCUT2D eigenvalue weighted by Gasteiger charge is 2.28. The molecule has 1 aliphatic heterocycles. The minimum atomic E-state index is -0.699. The number of amides is 2. The topological polar surface area (TPSA) is 94.3 Å². The van der Waals surface area contributed by atoms with Crippen LogP contribution in [-0.2, 0) is 9.53 Å². The Bertz CT molecular complexity index is 1900. The van der Waals surface area contributed by atoms with Crippen molar-refractivity contribution in [3.05, 3.63) is 85.0 Å². The minimum Gasteiger partial charge on any atom is -0.444 e. The first-order chi connectivity index (χ1) is 21.4. The summed E-state index contributed by atoms with van der Waals surface area (Å²) in [5, 5.41) is 7.40. The second-order valence-electron chi connectivity index (χ2n) is 12.3. The summed E-state index contributed by atoms with van der Waals surface area (Å²) in [5.74, 6) is -1.64. The van der Waals surface area contributed by atoms with Crippen LogP contribution in [0.3, 0.4) is 0 Å². The number of likely N-dealkylation sites (tertiary alicyclic amines) is 1. The zero-order chi connectivity index (χ0) is 31.9. The van der Waals surface area contributed by atoms with Crippen LogP contribution in [0.2, 0.25) is 0 Å². The standard InChI is InChI=1S/C34H34F2N6O3/c1-21(43)39-26-13-23(29-7-6-25(35)16-30(29)36)14-28(17-26)41-20-37-31-15-22(5-8-32(31)41)24-18-38-42(19-24)27-9-11-40(12-10-27)33(44)45-34(2,3)4/h5-8,13-20,27H,9-12H2,1-4H3,(H,39,43). The Labute approximate surface area is 259 Å². The number of nitrogens with one attached hydrogen (secondary N) is 1. The molecule has 0 spiro atoms. The molecule has 11 heteroatoms. The van der Waals surface area contributed by atoms with E-state index in [2.05, 4.69) is 15.4 Å². The molecule has 2 amide bonds. The van der Waals surface area contributed by atoms with Crippen molar-refractivity contribution < 1.29 is 23.1 Å². The summed E-state index contributed by atoms with van der Waals surface area (Å²) in [7, 11) is 0. The molecule has 0 radical (unpaired) electrons. The maximum Gasteiger partial charge on any atom is 0.410 e. The molecule has 6 rings (SSSR count). The molecule has 1 aliphatic rings. The van der Waals surface area contributed by atoms with Crippen LogP contribution in [0.4, 0.5) is 19.3 Å². The fourth-order valence-electron chi connectivity index (χ4n) is 5.63. The van der Waals surface area contributed by atoms with Crippen molar-refractivity contribution in [1.82, 2.24) is 24.2 Å². The number of piperidine rings is 1. The van der Waals surface area contributed by atoms with Crippen molar-refractivity contribution in [2.45, 2.75) is 52.2 Å². The smallest absolute Gasteiger partial charge is 0.410 e. The quantitative estimate of drug-likeness (QED) is 0.224. The van der Waals surface area contributed by atoms with Crippen LogP contribution in [0, 0.1) is 11.6 Å². The van der Waals surface area contributed by atoms with Gasteiger partial charge in [0, 0.05) is 54.8 Å². The number of hydrogen-bond donors (Lipinski definition) is 1. The van der Waals surface area contributed by atoms with Gasteiger partial charge in [-0.05, 0) is 87.2 Å². The Morgan fingerprint density at radius 1 is 0.956 bits per heavy atom. The van der Waals surface area contributed by atoms with E-state index in [0.717, 1.165) is 41.1 Å². The third-order valence-corrected chi connectivity index (χ3v) is 7.73. The van der Waals surface area contributed by atoms with Crippen molar-refractivity contribution in [2.75, 3.05) is 18.4 Å². The van der Waals surface area contributed by atoms with E-state index in [-0.39, 0.29) is 23.6 Å². The molecule has 1 N–H and O–H groups in total. The number of fused-ring (bicyclic) bond motifs is 1. The number of carbonyl (C=O) groups is 2. The van der Waals surface area contributed by atoms with E-state index in [0.29, 0.717) is 30.0 Å². The second-order valence-corrected chi connectivity index (χ2v) is 12.3. The van der Waals surface area contributed by atoms with Crippen LogP contribution in [0.5, 0.6) is 0 Å². The fraction of sp³-hybridized carbons (Fsp3) is 0.294. The van der Waals surface area contributed by atoms with E-state index in [1.165, 1.54) is 19.1 Å². The molecule has 3 aromatic carbocycles. The highest BCUT2D eigenvalue weighted by Crippen LogP contribution is 2.32. The van der Waals surface area contributed by atoms with Crippen molar-refractivity contribution in [2.24, 2.45) is 0 Å². The maximum absolute atomic E-state index is 14.7. The third-order valence-electron chi connectivity index (χ3n) is 7.73. The van der Waals surface area contributed by atoms with Crippen molar-refractivity contribution in [1.29, 1.82) is 0 Å². The number of rotatable bonds is 5. The number of anilines is 1. The molecule has 232 valence electrons. The molecule has 3 heterocycles. The van der Waals surface area contributed by atoms with E-state index < -0.39 is 17.2 Å². The van der Waals surface area contributed by atoms with Gasteiger partial charge in [-0.1, -0.05) is 6.07 Å². The predicted molar refractivity (Wildman–Crippen MR) is 168 cm³/mol. The number of nitrogens with zero attached hydrogens (tertiary/aromatic N) is 5. The number of imidazole rings is 1. The molecular formula is C34H34F2N6O3. The van der Waals surface area contributed by atoms with Crippen LogP contribution in [0.25, 0.3) is 39.0 Å². The van der Waals surface area contributed by atoms with E-state index in [1.807, 2.05) is 60.6 Å². The van der Waals surface area contributed by atoms with Gasteiger partial charge in [-0.25, -0.2) is 18.6 Å². The molecule has 5 aromatic rings. The van der Waals surface area contributed by atoms with Gasteiger partial charge in [0.1, 0.15) is 23.6 Å². The Kier molecular flexibility index (Phi) is 7.86. The third kappa shape index (κ3) is 6.57. The summed E-state index contributed by atoms with van der Waals surface area (Å²) in [5.41, 5.74) is 4.75. The summed E-state index contributed by atoms with van der Waals surface area (Å²) in [6.45, 7) is 8.21. The second kappa shape index (κ2) is 11.8. The van der Waals surface area contributed by atoms with Crippen molar-refractivity contribution in [3.8, 4) is 27.9 Å². The van der Waals surface area contributed by atoms with Gasteiger partial charge in [-0.15, -0.1) is 0 Å². The minimum absolute atomic E-state index is 0.177. The lowest BCUT2D eigenvalue weighted by molar-refractivity contribution is -0.114. The van der Waals surface area contributed by atoms with Crippen molar-refractivity contribution in [3.63, 3.8) is 0 Å². The largest absolute Gasteiger partial charge is 0.444 e. The van der Waals surface area contributed by atoms with Crippen LogP contribution < -0.4 is 5.32 Å². The highest BCUT2D eigenvalue weighted by molar-refractivity contribution is 5.91. The zero-order valence-electron chi connectivity index (χ0n) is 25.6. The number of halogens is 2. The maximum atomic E-state index is 14.7. The Morgan fingerprint density at radius 2 is 1.73 bits per heavy atom. The van der Waals surface area contributed by atoms with E-state index in [1.54, 1.807) is 29.4 Å². The molecule has 1 fully saturated rings. The Morgan fingerprint density at radius 3 is 2.44 bits per heavy atom. The van der Waals surface area contributed by atoms with E-state index in [9.17, 15) is 18.4 Å². The number of benzene rings is 3. The average Bonchev–Trinajstić information content (AvgIpc) is 3.63. The lowest BCUT2D eigenvalue weighted by Gasteiger charge is -2.33. The van der Waals surface area contributed by atoms with Gasteiger partial charge in [-0.2, -0.15) is 5.10 Å². The number of hydrogen-bond acceptors (Lipinski definition) is 5. The van der Waals surface area contributed by atoms with Gasteiger partial charge < -0.3 is 15.0 Å². The normalized spacial score (nSPS) is 14.1. The first-order valence-electron chi connectivity index (χ1n) is 14.8. The summed E-state index contributed by atoms with van der Waals surface area (Å²) >= 11 is 0. The van der Waals surface area contributed by atoms with Gasteiger partial charge in [0.15, 0.2) is 0 Å². The molecule has 0 bridgehead atoms. The molecule has 45 heavy (non-hydrogen) atoms. The monoisotopic (exact) mass is 612 g/mol. The molecular weight excluding hydrogens is 578 g/mol. The molecule has 0 unspecified atom stereocenters. The number of ether oxygens (including phenoxy) is 1. The van der Waals surface area contributed by atoms with Gasteiger partial charge >= 0.3 is 6.09 Å². The Balaban J connectivity index is 1.24. The number of aromatic nitrogens is 4. The van der Waals surface area contributed by atoms with Gasteiger partial charge in [0.05, 0.1) is 23.3 Å². The molecule has 2 aromatic heterocycles. The lowest BCUT2D eigenvalue weighted by atomic mass is 10.0. The van der Waals surface area contributed by atoms with Gasteiger partial charge in [0.25, 0.3) is 0 Å². The predicted octanol–water partition coefficient (Wildman–Crippen LogP) is 7.36. The number of carbonyl (C=O) groups excluding carboxylic acids is 2. The first kappa shape index (κ1) is 30.0. The zero-order valence-corrected chi connectivity index (χ0v) is 25.6. The fourth-order valence-corrected chi connectivity index (χ4v) is 5.63. The summed E-state index contributed by atoms with van der Waals surface area (Å²) < 4.78 is 37.6. The Hall–Kier alpha value is -5.06. The van der Waals surface area contributed by atoms with E-state index >= 15 is 0 Å². The van der Waals surface area contributed by atoms with Crippen LogP contribution >= 0.6 is 0 Å². The van der Waals surface area contributed by atoms with Crippen LogP contribution in [-0.4, -0.2) is 54.9 Å². The molecule has 0 aliphatic carbocycles. The van der Waals surface area contributed by atoms with Gasteiger partial charge in [-0.3, -0.25) is 14.0 Å². The molecule has 1 saturated heterocycles. The average molecular weight is 613 g/mol. The summed E-state index contributed by atoms with van der Waals surface area (Å²) in [6, 6.07) is 14.7. The van der Waals surface area contributed by atoms with Crippen LogP contribution in [0.15, 0.2) is 73.3 Å². The first-order valence-corrected chi connectivity index (χ1v) is 14.8. The van der Waals surface area contributed by atoms with E-state index in [4.69, 9.17) is 4.74 Å². The summed E-state index contributed by atoms with van der Waals surface area (Å²) in [6.07, 6.45) is 6.81. The van der Waals surface area contributed by atoms with Crippen LogP contribution in [0.1, 0.15) is 46.6 Å². The lowest BCUT2D eigenvalue weighted by Crippen LogP contribution is -2.42. The molecule has 9 nitrogen and oxygen atoms in total. The van der Waals surface area contributed by atoms with Crippen molar-refractivity contribution >= 4 is 28.7 Å². The molecule has 0 atom stereocenters. The highest BCUT2D eigenvalue weighted by atomic mass is 19.1. The summed E-state index contributed by atoms with van der Waals surface area (Å²) in [4.78, 5) is 30.7. The van der Waals surface area contributed by atoms with Gasteiger partial charge in [0.2, 0.25) is 5.91 Å². The molecule has 0 saturated carbocycles. The SMILES string of the molecule is CC(=O)Nc1cc(-c2ccc(F)cc2F)cc(-n2cnc3cc(-c4cnn(C5CCN(C(=O)OC(C)(C)C)CC5)c4)ccc32)c1.